The van der Waals surface area contributed by atoms with Crippen LogP contribution in [0.5, 0.6) is 0 Å². The molecule has 3 unspecified atom stereocenters. The Hall–Kier alpha value is -0.850. The van der Waals surface area contributed by atoms with Gasteiger partial charge in [0.15, 0.2) is 0 Å². The SMILES string of the molecule is CC1CN(C(=O)C(N)c2ccccc2)CC1N1CCOCC1.Cl.Cl. The molecule has 7 heteroatoms. The summed E-state index contributed by atoms with van der Waals surface area (Å²) in [5, 5.41) is 0. The predicted molar refractivity (Wildman–Crippen MR) is 99.8 cm³/mol. The molecule has 2 saturated heterocycles. The van der Waals surface area contributed by atoms with Crippen molar-refractivity contribution in [2.45, 2.75) is 19.0 Å². The number of morpholine rings is 1. The van der Waals surface area contributed by atoms with Gasteiger partial charge in [0, 0.05) is 32.2 Å². The molecule has 24 heavy (non-hydrogen) atoms. The highest BCUT2D eigenvalue weighted by Gasteiger charge is 2.38. The zero-order valence-corrected chi connectivity index (χ0v) is 15.6. The normalized spacial score (nSPS) is 25.5. The maximum atomic E-state index is 12.7. The zero-order valence-electron chi connectivity index (χ0n) is 14.0. The van der Waals surface area contributed by atoms with Crippen molar-refractivity contribution in [1.82, 2.24) is 9.80 Å². The second-order valence-corrected chi connectivity index (χ2v) is 6.32. The summed E-state index contributed by atoms with van der Waals surface area (Å²) in [5.74, 6) is 0.513. The Labute approximate surface area is 156 Å². The average molecular weight is 376 g/mol. The molecule has 5 nitrogen and oxygen atoms in total. The number of nitrogens with zero attached hydrogens (tertiary/aromatic N) is 2. The van der Waals surface area contributed by atoms with E-state index in [4.69, 9.17) is 10.5 Å². The van der Waals surface area contributed by atoms with E-state index in [0.29, 0.717) is 12.0 Å². The van der Waals surface area contributed by atoms with Gasteiger partial charge in [0.1, 0.15) is 6.04 Å². The van der Waals surface area contributed by atoms with Crippen LogP contribution >= 0.6 is 24.8 Å². The molecule has 2 heterocycles. The molecule has 2 fully saturated rings. The molecular formula is C17H27Cl2N3O2. The Kier molecular flexibility index (Phi) is 8.46. The predicted octanol–water partition coefficient (Wildman–Crippen LogP) is 1.71. The van der Waals surface area contributed by atoms with Crippen LogP contribution in [0.25, 0.3) is 0 Å². The van der Waals surface area contributed by atoms with Crippen molar-refractivity contribution in [3.8, 4) is 0 Å². The molecule has 3 atom stereocenters. The Morgan fingerprint density at radius 1 is 1.17 bits per heavy atom. The maximum Gasteiger partial charge on any atom is 0.244 e. The molecule has 2 N–H and O–H groups in total. The van der Waals surface area contributed by atoms with E-state index in [0.717, 1.165) is 45.0 Å². The van der Waals surface area contributed by atoms with Gasteiger partial charge < -0.3 is 15.4 Å². The highest BCUT2D eigenvalue weighted by atomic mass is 35.5. The maximum absolute atomic E-state index is 12.7. The summed E-state index contributed by atoms with van der Waals surface area (Å²) in [4.78, 5) is 17.1. The van der Waals surface area contributed by atoms with Crippen LogP contribution in [0.4, 0.5) is 0 Å². The Morgan fingerprint density at radius 2 is 1.79 bits per heavy atom. The lowest BCUT2D eigenvalue weighted by Crippen LogP contribution is -2.47. The van der Waals surface area contributed by atoms with E-state index in [1.807, 2.05) is 35.2 Å². The van der Waals surface area contributed by atoms with Crippen molar-refractivity contribution in [1.29, 1.82) is 0 Å². The van der Waals surface area contributed by atoms with Gasteiger partial charge in [0.2, 0.25) is 5.91 Å². The number of rotatable bonds is 3. The first-order chi connectivity index (χ1) is 10.7. The van der Waals surface area contributed by atoms with Crippen LogP contribution in [-0.2, 0) is 9.53 Å². The molecule has 1 aromatic carbocycles. The molecule has 0 saturated carbocycles. The molecule has 1 aromatic rings. The minimum atomic E-state index is -0.558. The van der Waals surface area contributed by atoms with Gasteiger partial charge in [-0.15, -0.1) is 24.8 Å². The lowest BCUT2D eigenvalue weighted by Gasteiger charge is -2.34. The van der Waals surface area contributed by atoms with Gasteiger partial charge in [-0.3, -0.25) is 9.69 Å². The third kappa shape index (κ3) is 4.61. The van der Waals surface area contributed by atoms with Crippen LogP contribution in [0, 0.1) is 5.92 Å². The van der Waals surface area contributed by atoms with E-state index < -0.39 is 6.04 Å². The summed E-state index contributed by atoms with van der Waals surface area (Å²) in [5.41, 5.74) is 7.05. The van der Waals surface area contributed by atoms with Gasteiger partial charge in [-0.25, -0.2) is 0 Å². The van der Waals surface area contributed by atoms with Crippen LogP contribution < -0.4 is 5.73 Å². The van der Waals surface area contributed by atoms with Crippen LogP contribution in [0.1, 0.15) is 18.5 Å². The van der Waals surface area contributed by atoms with E-state index >= 15 is 0 Å². The number of amides is 1. The Bertz CT molecular complexity index is 512. The summed E-state index contributed by atoms with van der Waals surface area (Å²) >= 11 is 0. The molecule has 136 valence electrons. The molecule has 0 aromatic heterocycles. The summed E-state index contributed by atoms with van der Waals surface area (Å²) in [6, 6.07) is 9.49. The first-order valence-corrected chi connectivity index (χ1v) is 8.08. The summed E-state index contributed by atoms with van der Waals surface area (Å²) < 4.78 is 5.42. The van der Waals surface area contributed by atoms with Gasteiger partial charge in [0.05, 0.1) is 13.2 Å². The minimum absolute atomic E-state index is 0. The van der Waals surface area contributed by atoms with Crippen molar-refractivity contribution in [3.05, 3.63) is 35.9 Å². The Balaban J connectivity index is 0.00000144. The van der Waals surface area contributed by atoms with Crippen LogP contribution in [-0.4, -0.2) is 61.1 Å². The average Bonchev–Trinajstić information content (AvgIpc) is 2.97. The number of benzene rings is 1. The fourth-order valence-corrected chi connectivity index (χ4v) is 3.51. The molecule has 0 radical (unpaired) electrons. The lowest BCUT2D eigenvalue weighted by atomic mass is 10.0. The topological polar surface area (TPSA) is 58.8 Å². The monoisotopic (exact) mass is 375 g/mol. The number of likely N-dealkylation sites (tertiary alicyclic amines) is 1. The largest absolute Gasteiger partial charge is 0.379 e. The number of halogens is 2. The fraction of sp³-hybridized carbons (Fsp3) is 0.588. The number of ether oxygens (including phenoxy) is 1. The first kappa shape index (κ1) is 21.2. The summed E-state index contributed by atoms with van der Waals surface area (Å²) in [6.45, 7) is 7.30. The fourth-order valence-electron chi connectivity index (χ4n) is 3.51. The summed E-state index contributed by atoms with van der Waals surface area (Å²) in [6.07, 6.45) is 0. The number of nitrogens with two attached hydrogens (primary N) is 1. The smallest absolute Gasteiger partial charge is 0.244 e. The van der Waals surface area contributed by atoms with Crippen LogP contribution in [0.15, 0.2) is 30.3 Å². The molecule has 2 aliphatic heterocycles. The number of hydrogen-bond donors (Lipinski definition) is 1. The number of carbonyl (C=O) groups excluding carboxylic acids is 1. The number of carbonyl (C=O) groups is 1. The van der Waals surface area contributed by atoms with Gasteiger partial charge in [-0.05, 0) is 11.5 Å². The van der Waals surface area contributed by atoms with Crippen molar-refractivity contribution < 1.29 is 9.53 Å². The van der Waals surface area contributed by atoms with Crippen molar-refractivity contribution in [2.24, 2.45) is 11.7 Å². The van der Waals surface area contributed by atoms with Crippen molar-refractivity contribution in [2.75, 3.05) is 39.4 Å². The highest BCUT2D eigenvalue weighted by Crippen LogP contribution is 2.25. The van der Waals surface area contributed by atoms with E-state index in [-0.39, 0.29) is 30.7 Å². The van der Waals surface area contributed by atoms with Gasteiger partial charge >= 0.3 is 0 Å². The Morgan fingerprint density at radius 3 is 2.42 bits per heavy atom. The van der Waals surface area contributed by atoms with Crippen LogP contribution in [0.3, 0.4) is 0 Å². The number of hydrogen-bond acceptors (Lipinski definition) is 4. The third-order valence-electron chi connectivity index (χ3n) is 4.82. The summed E-state index contributed by atoms with van der Waals surface area (Å²) in [7, 11) is 0. The van der Waals surface area contributed by atoms with E-state index in [9.17, 15) is 4.79 Å². The van der Waals surface area contributed by atoms with Crippen molar-refractivity contribution >= 4 is 30.7 Å². The molecule has 2 aliphatic rings. The zero-order chi connectivity index (χ0) is 15.5. The quantitative estimate of drug-likeness (QED) is 0.873. The minimum Gasteiger partial charge on any atom is -0.379 e. The third-order valence-corrected chi connectivity index (χ3v) is 4.82. The molecular weight excluding hydrogens is 349 g/mol. The van der Waals surface area contributed by atoms with Gasteiger partial charge in [-0.1, -0.05) is 37.3 Å². The van der Waals surface area contributed by atoms with Crippen LogP contribution in [0.2, 0.25) is 0 Å². The van der Waals surface area contributed by atoms with E-state index in [2.05, 4.69) is 11.8 Å². The van der Waals surface area contributed by atoms with Gasteiger partial charge in [0.25, 0.3) is 0 Å². The molecule has 1 amide bonds. The highest BCUT2D eigenvalue weighted by molar-refractivity contribution is 5.85. The van der Waals surface area contributed by atoms with E-state index in [1.54, 1.807) is 0 Å². The molecule has 3 rings (SSSR count). The van der Waals surface area contributed by atoms with E-state index in [1.165, 1.54) is 0 Å². The second kappa shape index (κ2) is 9.59. The molecule has 0 aliphatic carbocycles. The first-order valence-electron chi connectivity index (χ1n) is 8.08. The second-order valence-electron chi connectivity index (χ2n) is 6.32. The van der Waals surface area contributed by atoms with Gasteiger partial charge in [-0.2, -0.15) is 0 Å². The lowest BCUT2D eigenvalue weighted by molar-refractivity contribution is -0.132. The standard InChI is InChI=1S/C17H25N3O2.2ClH/c1-13-11-20(12-15(13)19-7-9-22-10-8-19)17(21)16(18)14-5-3-2-4-6-14;;/h2-6,13,15-16H,7-12,18H2,1H3;2*1H. The van der Waals surface area contributed by atoms with Crippen molar-refractivity contribution in [3.63, 3.8) is 0 Å². The molecule has 0 spiro atoms. The molecule has 0 bridgehead atoms.